The van der Waals surface area contributed by atoms with Gasteiger partial charge in [0.1, 0.15) is 5.56 Å². The number of hydrogen-bond donors (Lipinski definition) is 1. The molecule has 1 aromatic rings. The minimum absolute atomic E-state index is 0.0775. The normalized spacial score (nSPS) is 14.3. The molecule has 2 N–H and O–H groups in total. The van der Waals surface area contributed by atoms with Crippen molar-refractivity contribution in [2.75, 3.05) is 12.3 Å². The Morgan fingerprint density at radius 3 is 2.72 bits per heavy atom. The lowest BCUT2D eigenvalue weighted by molar-refractivity contribution is -0.385. The van der Waals surface area contributed by atoms with Gasteiger partial charge in [-0.2, -0.15) is 0 Å². The Morgan fingerprint density at radius 2 is 2.22 bits per heavy atom. The van der Waals surface area contributed by atoms with Crippen LogP contribution in [-0.2, 0) is 0 Å². The van der Waals surface area contributed by atoms with Crippen LogP contribution in [-0.4, -0.2) is 28.3 Å². The molecule has 96 valence electrons. The van der Waals surface area contributed by atoms with Gasteiger partial charge in [0.25, 0.3) is 11.6 Å². The van der Waals surface area contributed by atoms with Gasteiger partial charge in [-0.25, -0.2) is 0 Å². The third-order valence-electron chi connectivity index (χ3n) is 3.04. The lowest BCUT2D eigenvalue weighted by Gasteiger charge is -2.20. The van der Waals surface area contributed by atoms with Gasteiger partial charge in [-0.05, 0) is 31.9 Å². The Hall–Kier alpha value is -2.11. The smallest absolute Gasteiger partial charge is 0.282 e. The fraction of sp³-hybridized carbons (Fsp3) is 0.417. The first kappa shape index (κ1) is 12.3. The van der Waals surface area contributed by atoms with Crippen LogP contribution in [0.1, 0.15) is 30.1 Å². The molecular weight excluding hydrogens is 234 g/mol. The number of amides is 1. The molecule has 1 amide bonds. The van der Waals surface area contributed by atoms with Crippen LogP contribution in [0.15, 0.2) is 18.2 Å². The van der Waals surface area contributed by atoms with E-state index in [9.17, 15) is 14.9 Å². The third kappa shape index (κ3) is 2.27. The minimum atomic E-state index is -0.548. The average Bonchev–Trinajstić information content (AvgIpc) is 3.13. The largest absolute Gasteiger partial charge is 0.399 e. The maximum absolute atomic E-state index is 12.3. The molecule has 0 unspecified atom stereocenters. The number of anilines is 1. The summed E-state index contributed by atoms with van der Waals surface area (Å²) < 4.78 is 0. The van der Waals surface area contributed by atoms with Gasteiger partial charge in [-0.1, -0.05) is 0 Å². The zero-order valence-electron chi connectivity index (χ0n) is 10.1. The SMILES string of the molecule is CCN(C(=O)c1cc(N)ccc1[N+](=O)[O-])C1CC1. The monoisotopic (exact) mass is 249 g/mol. The quantitative estimate of drug-likeness (QED) is 0.500. The fourth-order valence-electron chi connectivity index (χ4n) is 1.99. The van der Waals surface area contributed by atoms with Gasteiger partial charge in [-0.3, -0.25) is 14.9 Å². The highest BCUT2D eigenvalue weighted by Gasteiger charge is 2.34. The predicted molar refractivity (Wildman–Crippen MR) is 67.2 cm³/mol. The van der Waals surface area contributed by atoms with Crippen molar-refractivity contribution in [3.05, 3.63) is 33.9 Å². The molecule has 1 saturated carbocycles. The van der Waals surface area contributed by atoms with E-state index in [0.717, 1.165) is 12.8 Å². The summed E-state index contributed by atoms with van der Waals surface area (Å²) in [6.45, 7) is 2.42. The molecule has 0 aromatic heterocycles. The summed E-state index contributed by atoms with van der Waals surface area (Å²) in [5.74, 6) is -0.306. The summed E-state index contributed by atoms with van der Waals surface area (Å²) in [7, 11) is 0. The summed E-state index contributed by atoms with van der Waals surface area (Å²) in [5.41, 5.74) is 5.85. The topological polar surface area (TPSA) is 89.5 Å². The number of carbonyl (C=O) groups is 1. The number of nitrogens with two attached hydrogens (primary N) is 1. The number of nitro benzene ring substituents is 1. The molecule has 18 heavy (non-hydrogen) atoms. The van der Waals surface area contributed by atoms with E-state index in [4.69, 9.17) is 5.73 Å². The van der Waals surface area contributed by atoms with Crippen molar-refractivity contribution in [2.45, 2.75) is 25.8 Å². The van der Waals surface area contributed by atoms with E-state index in [2.05, 4.69) is 0 Å². The van der Waals surface area contributed by atoms with E-state index in [-0.39, 0.29) is 23.2 Å². The highest BCUT2D eigenvalue weighted by molar-refractivity contribution is 5.99. The molecule has 0 atom stereocenters. The Kier molecular flexibility index (Phi) is 3.18. The molecule has 0 radical (unpaired) electrons. The molecule has 0 spiro atoms. The Balaban J connectivity index is 2.38. The van der Waals surface area contributed by atoms with Crippen molar-refractivity contribution in [3.8, 4) is 0 Å². The van der Waals surface area contributed by atoms with Gasteiger partial charge in [-0.15, -0.1) is 0 Å². The van der Waals surface area contributed by atoms with E-state index in [1.54, 1.807) is 4.90 Å². The van der Waals surface area contributed by atoms with Crippen LogP contribution in [0.2, 0.25) is 0 Å². The van der Waals surface area contributed by atoms with Crippen LogP contribution in [0.3, 0.4) is 0 Å². The summed E-state index contributed by atoms with van der Waals surface area (Å²) >= 11 is 0. The van der Waals surface area contributed by atoms with Gasteiger partial charge < -0.3 is 10.6 Å². The number of benzene rings is 1. The molecule has 6 nitrogen and oxygen atoms in total. The molecule has 1 aromatic carbocycles. The standard InChI is InChI=1S/C12H15N3O3/c1-2-14(9-4-5-9)12(16)10-7-8(13)3-6-11(10)15(17)18/h3,6-7,9H,2,4-5,13H2,1H3. The summed E-state index contributed by atoms with van der Waals surface area (Å²) in [5, 5.41) is 10.9. The molecule has 0 bridgehead atoms. The molecular formula is C12H15N3O3. The van der Waals surface area contributed by atoms with Gasteiger partial charge in [0.15, 0.2) is 0 Å². The number of carbonyl (C=O) groups excluding carboxylic acids is 1. The molecule has 2 rings (SSSR count). The van der Waals surface area contributed by atoms with Crippen LogP contribution in [0, 0.1) is 10.1 Å². The van der Waals surface area contributed by atoms with Gasteiger partial charge in [0.05, 0.1) is 4.92 Å². The van der Waals surface area contributed by atoms with Crippen molar-refractivity contribution < 1.29 is 9.72 Å². The number of nitrogen functional groups attached to an aromatic ring is 1. The highest BCUT2D eigenvalue weighted by atomic mass is 16.6. The molecule has 0 aliphatic heterocycles. The van der Waals surface area contributed by atoms with Crippen LogP contribution in [0.25, 0.3) is 0 Å². The Labute approximate surface area is 105 Å². The van der Waals surface area contributed by atoms with Crippen molar-refractivity contribution in [1.82, 2.24) is 4.90 Å². The van der Waals surface area contributed by atoms with Gasteiger partial charge in [0.2, 0.25) is 0 Å². The molecule has 1 aliphatic rings. The fourth-order valence-corrected chi connectivity index (χ4v) is 1.99. The second-order valence-electron chi connectivity index (χ2n) is 4.36. The van der Waals surface area contributed by atoms with Crippen LogP contribution in [0.5, 0.6) is 0 Å². The third-order valence-corrected chi connectivity index (χ3v) is 3.04. The lowest BCUT2D eigenvalue weighted by Crippen LogP contribution is -2.33. The summed E-state index contributed by atoms with van der Waals surface area (Å²) in [4.78, 5) is 24.3. The van der Waals surface area contributed by atoms with Gasteiger partial charge in [0, 0.05) is 24.3 Å². The van der Waals surface area contributed by atoms with Crippen LogP contribution >= 0.6 is 0 Å². The second-order valence-corrected chi connectivity index (χ2v) is 4.36. The average molecular weight is 249 g/mol. The predicted octanol–water partition coefficient (Wildman–Crippen LogP) is 1.80. The molecule has 1 aliphatic carbocycles. The maximum atomic E-state index is 12.3. The number of rotatable bonds is 4. The highest BCUT2D eigenvalue weighted by Crippen LogP contribution is 2.30. The molecule has 6 heteroatoms. The summed E-state index contributed by atoms with van der Waals surface area (Å²) in [6, 6.07) is 4.32. The van der Waals surface area contributed by atoms with E-state index in [1.807, 2.05) is 6.92 Å². The molecule has 0 saturated heterocycles. The zero-order valence-corrected chi connectivity index (χ0v) is 10.1. The zero-order chi connectivity index (χ0) is 13.3. The maximum Gasteiger partial charge on any atom is 0.282 e. The minimum Gasteiger partial charge on any atom is -0.399 e. The van der Waals surface area contributed by atoms with Crippen molar-refractivity contribution in [3.63, 3.8) is 0 Å². The first-order valence-corrected chi connectivity index (χ1v) is 5.89. The Morgan fingerprint density at radius 1 is 1.56 bits per heavy atom. The van der Waals surface area contributed by atoms with Crippen molar-refractivity contribution >= 4 is 17.3 Å². The molecule has 1 fully saturated rings. The van der Waals surface area contributed by atoms with E-state index < -0.39 is 4.92 Å². The van der Waals surface area contributed by atoms with Crippen LogP contribution in [0.4, 0.5) is 11.4 Å². The van der Waals surface area contributed by atoms with Gasteiger partial charge >= 0.3 is 0 Å². The first-order valence-electron chi connectivity index (χ1n) is 5.89. The van der Waals surface area contributed by atoms with E-state index in [0.29, 0.717) is 12.2 Å². The first-order chi connectivity index (χ1) is 8.54. The van der Waals surface area contributed by atoms with E-state index in [1.165, 1.54) is 18.2 Å². The van der Waals surface area contributed by atoms with E-state index >= 15 is 0 Å². The number of nitro groups is 1. The summed E-state index contributed by atoms with van der Waals surface area (Å²) in [6.07, 6.45) is 1.94. The number of hydrogen-bond acceptors (Lipinski definition) is 4. The molecule has 0 heterocycles. The second kappa shape index (κ2) is 4.64. The lowest BCUT2D eigenvalue weighted by atomic mass is 10.1. The van der Waals surface area contributed by atoms with Crippen molar-refractivity contribution in [2.24, 2.45) is 0 Å². The van der Waals surface area contributed by atoms with Crippen molar-refractivity contribution in [1.29, 1.82) is 0 Å². The number of nitrogens with zero attached hydrogens (tertiary/aromatic N) is 2. The van der Waals surface area contributed by atoms with Crippen LogP contribution < -0.4 is 5.73 Å². The Bertz CT molecular complexity index is 497.